The van der Waals surface area contributed by atoms with Gasteiger partial charge in [-0.15, -0.1) is 0 Å². The number of rotatable bonds is 5. The molecule has 0 spiro atoms. The van der Waals surface area contributed by atoms with E-state index in [4.69, 9.17) is 0 Å². The minimum Gasteiger partial charge on any atom is -0.373 e. The molecule has 1 aliphatic rings. The van der Waals surface area contributed by atoms with Crippen LogP contribution in [-0.2, 0) is 11.2 Å². The van der Waals surface area contributed by atoms with Crippen molar-refractivity contribution in [2.45, 2.75) is 32.2 Å². The lowest BCUT2D eigenvalue weighted by Gasteiger charge is -2.13. The zero-order valence-electron chi connectivity index (χ0n) is 10.8. The summed E-state index contributed by atoms with van der Waals surface area (Å²) in [5.74, 6) is 2.49. The van der Waals surface area contributed by atoms with Gasteiger partial charge in [-0.3, -0.25) is 4.79 Å². The number of nitrogens with one attached hydrogen (secondary N) is 3. The predicted molar refractivity (Wildman–Crippen MR) is 70.6 cm³/mol. The number of amides is 1. The lowest BCUT2D eigenvalue weighted by molar-refractivity contribution is -0.119. The van der Waals surface area contributed by atoms with Crippen LogP contribution in [0.2, 0.25) is 0 Å². The van der Waals surface area contributed by atoms with Gasteiger partial charge in [0.1, 0.15) is 17.5 Å². The van der Waals surface area contributed by atoms with Gasteiger partial charge in [-0.1, -0.05) is 6.92 Å². The average Bonchev–Trinajstić information content (AvgIpc) is 2.75. The van der Waals surface area contributed by atoms with E-state index in [1.165, 1.54) is 0 Å². The molecule has 2 heterocycles. The molecule has 98 valence electrons. The molecule has 1 amide bonds. The van der Waals surface area contributed by atoms with Gasteiger partial charge in [-0.05, 0) is 6.42 Å². The molecule has 6 heteroatoms. The molecule has 1 fully saturated rings. The minimum absolute atomic E-state index is 0.0872. The van der Waals surface area contributed by atoms with E-state index >= 15 is 0 Å². The number of aromatic nitrogens is 2. The van der Waals surface area contributed by atoms with Gasteiger partial charge in [0.15, 0.2) is 0 Å². The number of hydrogen-bond acceptors (Lipinski definition) is 5. The molecule has 1 atom stereocenters. The van der Waals surface area contributed by atoms with Crippen molar-refractivity contribution in [3.8, 4) is 0 Å². The van der Waals surface area contributed by atoms with Crippen LogP contribution in [0.5, 0.6) is 0 Å². The normalized spacial score (nSPS) is 18.6. The van der Waals surface area contributed by atoms with E-state index in [-0.39, 0.29) is 11.9 Å². The SMILES string of the molecule is CCCc1nc(NC)cc(NC2CNC(=O)C2)n1. The first-order valence-corrected chi connectivity index (χ1v) is 6.30. The first kappa shape index (κ1) is 12.6. The molecule has 1 aromatic rings. The zero-order valence-corrected chi connectivity index (χ0v) is 10.8. The molecule has 0 aromatic carbocycles. The quantitative estimate of drug-likeness (QED) is 0.718. The van der Waals surface area contributed by atoms with Crippen LogP contribution in [0.15, 0.2) is 6.07 Å². The van der Waals surface area contributed by atoms with Crippen LogP contribution in [0.1, 0.15) is 25.6 Å². The van der Waals surface area contributed by atoms with E-state index in [1.807, 2.05) is 13.1 Å². The van der Waals surface area contributed by atoms with Crippen molar-refractivity contribution < 1.29 is 4.79 Å². The largest absolute Gasteiger partial charge is 0.373 e. The topological polar surface area (TPSA) is 78.9 Å². The summed E-state index contributed by atoms with van der Waals surface area (Å²) >= 11 is 0. The second-order valence-electron chi connectivity index (χ2n) is 4.40. The predicted octanol–water partition coefficient (Wildman–Crippen LogP) is 0.771. The molecule has 2 rings (SSSR count). The monoisotopic (exact) mass is 249 g/mol. The molecule has 1 aromatic heterocycles. The highest BCUT2D eigenvalue weighted by atomic mass is 16.1. The molecule has 18 heavy (non-hydrogen) atoms. The highest BCUT2D eigenvalue weighted by Gasteiger charge is 2.21. The van der Waals surface area contributed by atoms with Gasteiger partial charge in [0.25, 0.3) is 0 Å². The number of carbonyl (C=O) groups is 1. The molecule has 0 aliphatic carbocycles. The maximum Gasteiger partial charge on any atom is 0.222 e. The Labute approximate surface area is 107 Å². The molecule has 0 radical (unpaired) electrons. The highest BCUT2D eigenvalue weighted by molar-refractivity contribution is 5.79. The van der Waals surface area contributed by atoms with Gasteiger partial charge in [0, 0.05) is 32.5 Å². The number of aryl methyl sites for hydroxylation is 1. The van der Waals surface area contributed by atoms with E-state index in [0.29, 0.717) is 13.0 Å². The summed E-state index contributed by atoms with van der Waals surface area (Å²) in [5.41, 5.74) is 0. The third-order valence-electron chi connectivity index (χ3n) is 2.83. The van der Waals surface area contributed by atoms with Gasteiger partial charge >= 0.3 is 0 Å². The molecule has 3 N–H and O–H groups in total. The molecule has 1 aliphatic heterocycles. The van der Waals surface area contributed by atoms with Crippen LogP contribution in [-0.4, -0.2) is 35.5 Å². The van der Waals surface area contributed by atoms with E-state index in [1.54, 1.807) is 0 Å². The lowest BCUT2D eigenvalue weighted by Crippen LogP contribution is -2.23. The maximum atomic E-state index is 11.1. The molecule has 1 unspecified atom stereocenters. The third kappa shape index (κ3) is 3.09. The zero-order chi connectivity index (χ0) is 13.0. The molecule has 1 saturated heterocycles. The van der Waals surface area contributed by atoms with E-state index in [0.717, 1.165) is 30.3 Å². The Morgan fingerprint density at radius 2 is 2.22 bits per heavy atom. The van der Waals surface area contributed by atoms with Gasteiger partial charge in [0.05, 0.1) is 6.04 Å². The second-order valence-corrected chi connectivity index (χ2v) is 4.40. The molecular formula is C12H19N5O. The summed E-state index contributed by atoms with van der Waals surface area (Å²) < 4.78 is 0. The molecule has 0 bridgehead atoms. The fraction of sp³-hybridized carbons (Fsp3) is 0.583. The van der Waals surface area contributed by atoms with Crippen molar-refractivity contribution >= 4 is 17.5 Å². The van der Waals surface area contributed by atoms with E-state index in [9.17, 15) is 4.79 Å². The van der Waals surface area contributed by atoms with Crippen molar-refractivity contribution in [2.24, 2.45) is 0 Å². The number of anilines is 2. The third-order valence-corrected chi connectivity index (χ3v) is 2.83. The van der Waals surface area contributed by atoms with Crippen LogP contribution in [0, 0.1) is 0 Å². The van der Waals surface area contributed by atoms with Crippen LogP contribution >= 0.6 is 0 Å². The Kier molecular flexibility index (Phi) is 3.96. The van der Waals surface area contributed by atoms with Crippen LogP contribution < -0.4 is 16.0 Å². The lowest BCUT2D eigenvalue weighted by atomic mass is 10.2. The van der Waals surface area contributed by atoms with Gasteiger partial charge in [-0.25, -0.2) is 9.97 Å². The number of nitrogens with zero attached hydrogens (tertiary/aromatic N) is 2. The smallest absolute Gasteiger partial charge is 0.222 e. The summed E-state index contributed by atoms with van der Waals surface area (Å²) in [5, 5.41) is 9.09. The van der Waals surface area contributed by atoms with Crippen LogP contribution in [0.3, 0.4) is 0 Å². The summed E-state index contributed by atoms with van der Waals surface area (Å²) in [4.78, 5) is 20.0. The summed E-state index contributed by atoms with van der Waals surface area (Å²) in [6.07, 6.45) is 2.37. The average molecular weight is 249 g/mol. The van der Waals surface area contributed by atoms with Crippen LogP contribution in [0.4, 0.5) is 11.6 Å². The highest BCUT2D eigenvalue weighted by Crippen LogP contribution is 2.14. The Bertz CT molecular complexity index is 434. The molecular weight excluding hydrogens is 230 g/mol. The summed E-state index contributed by atoms with van der Waals surface area (Å²) in [7, 11) is 1.84. The van der Waals surface area contributed by atoms with E-state index < -0.39 is 0 Å². The van der Waals surface area contributed by atoms with Crippen molar-refractivity contribution in [1.29, 1.82) is 0 Å². The van der Waals surface area contributed by atoms with Crippen molar-refractivity contribution in [3.63, 3.8) is 0 Å². The Morgan fingerprint density at radius 3 is 2.83 bits per heavy atom. The van der Waals surface area contributed by atoms with Crippen molar-refractivity contribution in [2.75, 3.05) is 24.2 Å². The maximum absolute atomic E-state index is 11.1. The van der Waals surface area contributed by atoms with E-state index in [2.05, 4.69) is 32.8 Å². The van der Waals surface area contributed by atoms with Gasteiger partial charge < -0.3 is 16.0 Å². The van der Waals surface area contributed by atoms with Crippen LogP contribution in [0.25, 0.3) is 0 Å². The standard InChI is InChI=1S/C12H19N5O/c1-3-4-9-16-10(13-2)6-11(17-9)15-8-5-12(18)14-7-8/h6,8H,3-5,7H2,1-2H3,(H,14,18)(H2,13,15,16,17). The number of hydrogen-bond donors (Lipinski definition) is 3. The Balaban J connectivity index is 2.10. The summed E-state index contributed by atoms with van der Waals surface area (Å²) in [6.45, 7) is 2.75. The van der Waals surface area contributed by atoms with Crippen molar-refractivity contribution in [1.82, 2.24) is 15.3 Å². The first-order valence-electron chi connectivity index (χ1n) is 6.30. The van der Waals surface area contributed by atoms with Crippen molar-refractivity contribution in [3.05, 3.63) is 11.9 Å². The fourth-order valence-corrected chi connectivity index (χ4v) is 1.95. The minimum atomic E-state index is 0.0872. The Hall–Kier alpha value is -1.85. The molecule has 0 saturated carbocycles. The summed E-state index contributed by atoms with van der Waals surface area (Å²) in [6, 6.07) is 1.98. The fourth-order valence-electron chi connectivity index (χ4n) is 1.95. The van der Waals surface area contributed by atoms with Gasteiger partial charge in [0.2, 0.25) is 5.91 Å². The Morgan fingerprint density at radius 1 is 1.44 bits per heavy atom. The molecule has 6 nitrogen and oxygen atoms in total. The van der Waals surface area contributed by atoms with Gasteiger partial charge in [-0.2, -0.15) is 0 Å². The first-order chi connectivity index (χ1) is 8.71. The number of carbonyl (C=O) groups excluding carboxylic acids is 1. The second kappa shape index (κ2) is 5.66.